The molecule has 0 atom stereocenters. The summed E-state index contributed by atoms with van der Waals surface area (Å²) in [5, 5.41) is 19.0. The van der Waals surface area contributed by atoms with Gasteiger partial charge in [-0.15, -0.1) is 0 Å². The predicted octanol–water partition coefficient (Wildman–Crippen LogP) is 4.86. The van der Waals surface area contributed by atoms with Crippen molar-refractivity contribution in [2.75, 3.05) is 34.7 Å². The first-order valence-electron chi connectivity index (χ1n) is 13.2. The Bertz CT molecular complexity index is 1500. The van der Waals surface area contributed by atoms with E-state index in [1.54, 1.807) is 16.8 Å². The molecule has 0 bridgehead atoms. The number of aromatic nitrogens is 5. The van der Waals surface area contributed by atoms with E-state index < -0.39 is 5.82 Å². The van der Waals surface area contributed by atoms with Crippen molar-refractivity contribution < 1.29 is 9.18 Å². The molecular weight excluding hydrogens is 527 g/mol. The molecule has 0 radical (unpaired) electrons. The number of halogens is 1. The van der Waals surface area contributed by atoms with Crippen LogP contribution in [0, 0.1) is 24.1 Å². The van der Waals surface area contributed by atoms with Gasteiger partial charge in [0.15, 0.2) is 5.82 Å². The summed E-state index contributed by atoms with van der Waals surface area (Å²) < 4.78 is 18.2. The molecular formula is C29H35FN8OS. The van der Waals surface area contributed by atoms with E-state index >= 15 is 0 Å². The van der Waals surface area contributed by atoms with Crippen molar-refractivity contribution in [1.29, 1.82) is 5.26 Å². The second-order valence-corrected chi connectivity index (χ2v) is 11.4. The van der Waals surface area contributed by atoms with Crippen LogP contribution in [0.2, 0.25) is 0 Å². The van der Waals surface area contributed by atoms with Gasteiger partial charge in [0.05, 0.1) is 36.1 Å². The lowest BCUT2D eigenvalue weighted by molar-refractivity contribution is -0.108. The second-order valence-electron chi connectivity index (χ2n) is 10.4. The molecule has 11 heteroatoms. The molecule has 4 heterocycles. The van der Waals surface area contributed by atoms with E-state index in [1.807, 2.05) is 37.5 Å². The number of rotatable bonds is 7. The third-order valence-corrected chi connectivity index (χ3v) is 8.19. The van der Waals surface area contributed by atoms with Gasteiger partial charge in [0, 0.05) is 40.2 Å². The molecule has 0 unspecified atom stereocenters. The maximum atomic E-state index is 14.4. The normalized spacial score (nSPS) is 17.1. The van der Waals surface area contributed by atoms with Crippen LogP contribution in [0.5, 0.6) is 0 Å². The first-order valence-corrected chi connectivity index (χ1v) is 14.0. The lowest BCUT2D eigenvalue weighted by Crippen LogP contribution is -2.33. The average Bonchev–Trinajstić information content (AvgIpc) is 3.53. The van der Waals surface area contributed by atoms with Gasteiger partial charge < -0.3 is 14.6 Å². The molecule has 1 saturated carbocycles. The first kappa shape index (κ1) is 29.4. The van der Waals surface area contributed by atoms with E-state index in [9.17, 15) is 14.4 Å². The van der Waals surface area contributed by atoms with E-state index in [2.05, 4.69) is 46.8 Å². The number of pyridine rings is 2. The summed E-state index contributed by atoms with van der Waals surface area (Å²) in [6.45, 7) is 2.62. The first-order chi connectivity index (χ1) is 19.2. The van der Waals surface area contributed by atoms with Crippen molar-refractivity contribution in [1.82, 2.24) is 34.2 Å². The summed E-state index contributed by atoms with van der Waals surface area (Å²) in [6.07, 6.45) is 12.3. The number of carbonyl (C=O) groups is 1. The molecule has 5 rings (SSSR count). The molecule has 4 aromatic heterocycles. The van der Waals surface area contributed by atoms with Crippen molar-refractivity contribution in [3.05, 3.63) is 60.1 Å². The Morgan fingerprint density at radius 2 is 1.93 bits per heavy atom. The zero-order valence-electron chi connectivity index (χ0n) is 23.6. The Hall–Kier alpha value is -3.59. The SMILES string of the molecule is CN(C)CC=O.Cc1c(-c2cc(Sc3ncccc3F)c3c(C#N)cnn3c2)cnn1C1CCC(N(C)C)CC1. The molecule has 210 valence electrons. The van der Waals surface area contributed by atoms with Gasteiger partial charge in [-0.2, -0.15) is 15.5 Å². The maximum Gasteiger partial charge on any atom is 0.155 e. The standard InChI is InChI=1S/C25H26FN7S.C4H9NO/c1-16-21(14-30-33(16)20-8-6-19(7-9-20)31(2)3)17-11-23(34-25-22(26)5-4-10-28-25)24-18(12-27)13-29-32(24)15-17;1-5(2)3-4-6/h4-5,10-11,13-15,19-20H,6-9H2,1-3H3;4H,3H2,1-2H3. The largest absolute Gasteiger partial charge is 0.306 e. The molecule has 4 aromatic rings. The monoisotopic (exact) mass is 562 g/mol. The molecule has 9 nitrogen and oxygen atoms in total. The number of hydrogen-bond acceptors (Lipinski definition) is 8. The van der Waals surface area contributed by atoms with Gasteiger partial charge in [-0.05, 0) is 79.0 Å². The highest BCUT2D eigenvalue weighted by Gasteiger charge is 2.26. The van der Waals surface area contributed by atoms with Crippen LogP contribution < -0.4 is 0 Å². The zero-order valence-corrected chi connectivity index (χ0v) is 24.4. The highest BCUT2D eigenvalue weighted by molar-refractivity contribution is 7.99. The van der Waals surface area contributed by atoms with E-state index in [-0.39, 0.29) is 5.03 Å². The van der Waals surface area contributed by atoms with Gasteiger partial charge >= 0.3 is 0 Å². The highest BCUT2D eigenvalue weighted by atomic mass is 32.2. The molecule has 0 saturated heterocycles. The number of hydrogen-bond donors (Lipinski definition) is 0. The second kappa shape index (κ2) is 13.2. The van der Waals surface area contributed by atoms with Crippen molar-refractivity contribution in [3.8, 4) is 17.2 Å². The maximum absolute atomic E-state index is 14.4. The van der Waals surface area contributed by atoms with Crippen LogP contribution in [0.4, 0.5) is 4.39 Å². The number of nitrogens with zero attached hydrogens (tertiary/aromatic N) is 8. The summed E-state index contributed by atoms with van der Waals surface area (Å²) in [5.41, 5.74) is 4.11. The highest BCUT2D eigenvalue weighted by Crippen LogP contribution is 2.38. The van der Waals surface area contributed by atoms with Gasteiger partial charge in [-0.1, -0.05) is 11.8 Å². The van der Waals surface area contributed by atoms with Crippen LogP contribution in [-0.2, 0) is 4.79 Å². The van der Waals surface area contributed by atoms with Crippen molar-refractivity contribution >= 4 is 23.6 Å². The summed E-state index contributed by atoms with van der Waals surface area (Å²) in [7, 11) is 8.01. The van der Waals surface area contributed by atoms with Crippen molar-refractivity contribution in [2.24, 2.45) is 0 Å². The van der Waals surface area contributed by atoms with E-state index in [1.165, 1.54) is 36.9 Å². The van der Waals surface area contributed by atoms with Crippen molar-refractivity contribution in [2.45, 2.75) is 54.6 Å². The zero-order chi connectivity index (χ0) is 28.8. The van der Waals surface area contributed by atoms with Gasteiger partial charge in [0.25, 0.3) is 0 Å². The van der Waals surface area contributed by atoms with Gasteiger partial charge in [0.1, 0.15) is 17.4 Å². The fourth-order valence-corrected chi connectivity index (χ4v) is 5.96. The number of carbonyl (C=O) groups excluding carboxylic acids is 1. The Morgan fingerprint density at radius 3 is 2.52 bits per heavy atom. The topological polar surface area (TPSA) is 95.3 Å². The minimum absolute atomic E-state index is 0.261. The molecule has 0 amide bonds. The van der Waals surface area contributed by atoms with Gasteiger partial charge in [0.2, 0.25) is 0 Å². The Morgan fingerprint density at radius 1 is 1.18 bits per heavy atom. The third kappa shape index (κ3) is 6.58. The smallest absolute Gasteiger partial charge is 0.155 e. The molecule has 0 spiro atoms. The molecule has 1 aliphatic carbocycles. The quantitative estimate of drug-likeness (QED) is 0.295. The van der Waals surface area contributed by atoms with E-state index in [0.29, 0.717) is 29.7 Å². The van der Waals surface area contributed by atoms with E-state index in [0.717, 1.165) is 40.8 Å². The fourth-order valence-electron chi connectivity index (χ4n) is 4.98. The minimum Gasteiger partial charge on any atom is -0.306 e. The molecule has 0 N–H and O–H groups in total. The van der Waals surface area contributed by atoms with E-state index in [4.69, 9.17) is 5.10 Å². The van der Waals surface area contributed by atoms with Crippen LogP contribution in [0.25, 0.3) is 16.6 Å². The lowest BCUT2D eigenvalue weighted by Gasteiger charge is -2.33. The van der Waals surface area contributed by atoms with Crippen LogP contribution in [0.15, 0.2) is 52.9 Å². The van der Waals surface area contributed by atoms with Gasteiger partial charge in [-0.25, -0.2) is 13.9 Å². The van der Waals surface area contributed by atoms with Crippen molar-refractivity contribution in [3.63, 3.8) is 0 Å². The number of likely N-dealkylation sites (N-methyl/N-ethyl adjacent to an activating group) is 1. The summed E-state index contributed by atoms with van der Waals surface area (Å²) in [5.74, 6) is -0.397. The summed E-state index contributed by atoms with van der Waals surface area (Å²) in [6, 6.07) is 8.14. The number of aldehydes is 1. The number of fused-ring (bicyclic) bond motifs is 1. The minimum atomic E-state index is -0.397. The third-order valence-electron chi connectivity index (χ3n) is 7.17. The van der Waals surface area contributed by atoms with Crippen LogP contribution >= 0.6 is 11.8 Å². The van der Waals surface area contributed by atoms with Crippen LogP contribution in [-0.4, -0.2) is 81.2 Å². The molecule has 1 aliphatic rings. The lowest BCUT2D eigenvalue weighted by atomic mass is 9.90. The fraction of sp³-hybridized carbons (Fsp3) is 0.414. The van der Waals surface area contributed by atoms with Crippen LogP contribution in [0.3, 0.4) is 0 Å². The molecule has 0 aromatic carbocycles. The Kier molecular flexibility index (Phi) is 9.68. The molecule has 0 aliphatic heterocycles. The molecule has 40 heavy (non-hydrogen) atoms. The average molecular weight is 563 g/mol. The predicted molar refractivity (Wildman–Crippen MR) is 154 cm³/mol. The van der Waals surface area contributed by atoms with Gasteiger partial charge in [-0.3, -0.25) is 4.68 Å². The Balaban J connectivity index is 0.000000557. The number of nitriles is 1. The Labute approximate surface area is 238 Å². The summed E-state index contributed by atoms with van der Waals surface area (Å²) in [4.78, 5) is 18.6. The van der Waals surface area contributed by atoms with Crippen LogP contribution in [0.1, 0.15) is 43.0 Å². The molecule has 1 fully saturated rings. The summed E-state index contributed by atoms with van der Waals surface area (Å²) >= 11 is 1.20.